The zero-order chi connectivity index (χ0) is 21.7. The van der Waals surface area contributed by atoms with Gasteiger partial charge in [-0.05, 0) is 85.7 Å². The molecular formula is C23H43N5O2. The zero-order valence-electron chi connectivity index (χ0n) is 19.8. The molecule has 3 aliphatic rings. The van der Waals surface area contributed by atoms with E-state index in [0.717, 1.165) is 51.5 Å². The molecule has 3 rings (SSSR count). The van der Waals surface area contributed by atoms with Crippen LogP contribution in [0.3, 0.4) is 0 Å². The van der Waals surface area contributed by atoms with Crippen molar-refractivity contribution >= 4 is 12.1 Å². The second-order valence-electron chi connectivity index (χ2n) is 10.3. The standard InChI is InChI=1S/C23H43N5O2/c1-6-24-21(25-16-20-8-7-13-26(20)5)27-14-11-19(12-15-27)28(17-18-9-10-18)22(29)30-23(2,3)4/h18-20H,6-17H2,1-5H3,(H,24,25). The average Bonchev–Trinajstić information content (AvgIpc) is 3.42. The molecule has 1 atom stereocenters. The molecule has 0 aromatic carbocycles. The summed E-state index contributed by atoms with van der Waals surface area (Å²) >= 11 is 0. The van der Waals surface area contributed by atoms with Gasteiger partial charge in [0, 0.05) is 38.3 Å². The van der Waals surface area contributed by atoms with E-state index >= 15 is 0 Å². The number of aliphatic imine (C=N–C) groups is 1. The monoisotopic (exact) mass is 421 g/mol. The van der Waals surface area contributed by atoms with Gasteiger partial charge in [-0.2, -0.15) is 0 Å². The molecule has 0 bridgehead atoms. The summed E-state index contributed by atoms with van der Waals surface area (Å²) < 4.78 is 5.73. The van der Waals surface area contributed by atoms with Crippen LogP contribution in [0.2, 0.25) is 0 Å². The zero-order valence-corrected chi connectivity index (χ0v) is 19.8. The molecule has 30 heavy (non-hydrogen) atoms. The number of carbonyl (C=O) groups is 1. The first-order valence-electron chi connectivity index (χ1n) is 12.0. The van der Waals surface area contributed by atoms with Crippen LogP contribution in [0, 0.1) is 5.92 Å². The van der Waals surface area contributed by atoms with Gasteiger partial charge in [-0.25, -0.2) is 4.79 Å². The summed E-state index contributed by atoms with van der Waals surface area (Å²) in [4.78, 5) is 24.7. The van der Waals surface area contributed by atoms with Crippen LogP contribution < -0.4 is 5.32 Å². The van der Waals surface area contributed by atoms with Crippen LogP contribution in [-0.4, -0.2) is 90.8 Å². The Labute approximate surface area is 183 Å². The second kappa shape index (κ2) is 10.2. The minimum atomic E-state index is -0.447. The van der Waals surface area contributed by atoms with Crippen molar-refractivity contribution in [2.75, 3.05) is 46.3 Å². The maximum absolute atomic E-state index is 12.9. The SMILES string of the molecule is CCNC(=NCC1CCCN1C)N1CCC(N(CC2CC2)C(=O)OC(C)(C)C)CC1. The summed E-state index contributed by atoms with van der Waals surface area (Å²) in [6, 6.07) is 0.831. The molecule has 1 saturated carbocycles. The number of nitrogens with one attached hydrogen (secondary N) is 1. The lowest BCUT2D eigenvalue weighted by Gasteiger charge is -2.40. The van der Waals surface area contributed by atoms with E-state index in [-0.39, 0.29) is 12.1 Å². The van der Waals surface area contributed by atoms with E-state index in [2.05, 4.69) is 29.1 Å². The first-order valence-corrected chi connectivity index (χ1v) is 12.0. The molecule has 0 aromatic rings. The number of guanidine groups is 1. The van der Waals surface area contributed by atoms with Gasteiger partial charge in [0.25, 0.3) is 0 Å². The average molecular weight is 422 g/mol. The minimum Gasteiger partial charge on any atom is -0.444 e. The van der Waals surface area contributed by atoms with Crippen molar-refractivity contribution in [3.63, 3.8) is 0 Å². The van der Waals surface area contributed by atoms with Crippen LogP contribution >= 0.6 is 0 Å². The molecule has 0 radical (unpaired) electrons. The van der Waals surface area contributed by atoms with E-state index in [9.17, 15) is 4.79 Å². The summed E-state index contributed by atoms with van der Waals surface area (Å²) in [6.45, 7) is 13.6. The van der Waals surface area contributed by atoms with Crippen molar-refractivity contribution in [1.82, 2.24) is 20.0 Å². The summed E-state index contributed by atoms with van der Waals surface area (Å²) in [7, 11) is 2.21. The van der Waals surface area contributed by atoms with Crippen LogP contribution in [-0.2, 0) is 4.74 Å². The summed E-state index contributed by atoms with van der Waals surface area (Å²) in [5.41, 5.74) is -0.447. The van der Waals surface area contributed by atoms with Crippen LogP contribution in [0.15, 0.2) is 4.99 Å². The Morgan fingerprint density at radius 3 is 2.37 bits per heavy atom. The third kappa shape index (κ3) is 6.76. The molecular weight excluding hydrogens is 378 g/mol. The Morgan fingerprint density at radius 2 is 1.83 bits per heavy atom. The highest BCUT2D eigenvalue weighted by Gasteiger charge is 2.35. The molecule has 1 aliphatic carbocycles. The number of ether oxygens (including phenoxy) is 1. The van der Waals surface area contributed by atoms with Gasteiger partial charge in [0.1, 0.15) is 5.60 Å². The molecule has 0 spiro atoms. The fourth-order valence-corrected chi connectivity index (χ4v) is 4.49. The van der Waals surface area contributed by atoms with Gasteiger partial charge >= 0.3 is 6.09 Å². The largest absolute Gasteiger partial charge is 0.444 e. The molecule has 2 aliphatic heterocycles. The lowest BCUT2D eigenvalue weighted by Crippen LogP contribution is -2.52. The molecule has 1 unspecified atom stereocenters. The van der Waals surface area contributed by atoms with Crippen molar-refractivity contribution in [3.05, 3.63) is 0 Å². The molecule has 1 amide bonds. The Bertz CT molecular complexity index is 591. The van der Waals surface area contributed by atoms with E-state index in [1.54, 1.807) is 0 Å². The van der Waals surface area contributed by atoms with E-state index in [4.69, 9.17) is 9.73 Å². The fourth-order valence-electron chi connectivity index (χ4n) is 4.49. The maximum Gasteiger partial charge on any atom is 0.410 e. The molecule has 0 aromatic heterocycles. The second-order valence-corrected chi connectivity index (χ2v) is 10.3. The first kappa shape index (κ1) is 23.2. The Balaban J connectivity index is 1.57. The number of nitrogens with zero attached hydrogens (tertiary/aromatic N) is 4. The Morgan fingerprint density at radius 1 is 1.13 bits per heavy atom. The molecule has 7 heteroatoms. The molecule has 1 N–H and O–H groups in total. The third-order valence-corrected chi connectivity index (χ3v) is 6.44. The van der Waals surface area contributed by atoms with E-state index in [1.807, 2.05) is 25.7 Å². The van der Waals surface area contributed by atoms with E-state index in [0.29, 0.717) is 12.0 Å². The van der Waals surface area contributed by atoms with Gasteiger partial charge in [0.15, 0.2) is 5.96 Å². The highest BCUT2D eigenvalue weighted by Crippen LogP contribution is 2.32. The number of carbonyl (C=O) groups excluding carboxylic acids is 1. The van der Waals surface area contributed by atoms with Gasteiger partial charge in [-0.15, -0.1) is 0 Å². The number of likely N-dealkylation sites (tertiary alicyclic amines) is 2. The third-order valence-electron chi connectivity index (χ3n) is 6.44. The van der Waals surface area contributed by atoms with Gasteiger partial charge in [0.2, 0.25) is 0 Å². The normalized spacial score (nSPS) is 24.2. The predicted molar refractivity (Wildman–Crippen MR) is 122 cm³/mol. The lowest BCUT2D eigenvalue weighted by atomic mass is 10.0. The van der Waals surface area contributed by atoms with E-state index in [1.165, 1.54) is 32.2 Å². The first-order chi connectivity index (χ1) is 14.3. The predicted octanol–water partition coefficient (Wildman–Crippen LogP) is 3.16. The molecule has 3 fully saturated rings. The van der Waals surface area contributed by atoms with Crippen molar-refractivity contribution in [2.45, 2.75) is 83.9 Å². The van der Waals surface area contributed by atoms with Gasteiger partial charge in [-0.1, -0.05) is 0 Å². The quantitative estimate of drug-likeness (QED) is 0.527. The van der Waals surface area contributed by atoms with Crippen molar-refractivity contribution < 1.29 is 9.53 Å². The fraction of sp³-hybridized carbons (Fsp3) is 0.913. The number of hydrogen-bond acceptors (Lipinski definition) is 4. The molecule has 2 saturated heterocycles. The van der Waals surface area contributed by atoms with Crippen molar-refractivity contribution in [1.29, 1.82) is 0 Å². The van der Waals surface area contributed by atoms with Crippen LogP contribution in [0.5, 0.6) is 0 Å². The van der Waals surface area contributed by atoms with Crippen molar-refractivity contribution in [2.24, 2.45) is 10.9 Å². The van der Waals surface area contributed by atoms with Crippen LogP contribution in [0.4, 0.5) is 4.79 Å². The minimum absolute atomic E-state index is 0.141. The summed E-state index contributed by atoms with van der Waals surface area (Å²) in [5, 5.41) is 3.48. The smallest absolute Gasteiger partial charge is 0.410 e. The highest BCUT2D eigenvalue weighted by atomic mass is 16.6. The van der Waals surface area contributed by atoms with Gasteiger partial charge < -0.3 is 24.8 Å². The van der Waals surface area contributed by atoms with Crippen molar-refractivity contribution in [3.8, 4) is 0 Å². The maximum atomic E-state index is 12.9. The van der Waals surface area contributed by atoms with Gasteiger partial charge in [0.05, 0.1) is 6.54 Å². The summed E-state index contributed by atoms with van der Waals surface area (Å²) in [6.07, 6.45) is 6.81. The molecule has 2 heterocycles. The number of likely N-dealkylation sites (N-methyl/N-ethyl adjacent to an activating group) is 1. The number of piperidine rings is 1. The molecule has 7 nitrogen and oxygen atoms in total. The Hall–Kier alpha value is -1.50. The van der Waals surface area contributed by atoms with Gasteiger partial charge in [-0.3, -0.25) is 4.99 Å². The Kier molecular flexibility index (Phi) is 7.88. The van der Waals surface area contributed by atoms with Crippen LogP contribution in [0.25, 0.3) is 0 Å². The number of rotatable bonds is 6. The number of amides is 1. The topological polar surface area (TPSA) is 60.4 Å². The van der Waals surface area contributed by atoms with Crippen LogP contribution in [0.1, 0.15) is 66.2 Å². The summed E-state index contributed by atoms with van der Waals surface area (Å²) in [5.74, 6) is 1.69. The lowest BCUT2D eigenvalue weighted by molar-refractivity contribution is 0.00928. The number of hydrogen-bond donors (Lipinski definition) is 1. The molecule has 172 valence electrons. The highest BCUT2D eigenvalue weighted by molar-refractivity contribution is 5.80. The van der Waals surface area contributed by atoms with E-state index < -0.39 is 5.60 Å².